The number of hydrogen-bond donors (Lipinski definition) is 3. The van der Waals surface area contributed by atoms with E-state index in [1.54, 1.807) is 31.7 Å². The topological polar surface area (TPSA) is 255 Å². The monoisotopic (exact) mass is 947 g/mol. The summed E-state index contributed by atoms with van der Waals surface area (Å²) in [5.74, 6) is 5.92. The van der Waals surface area contributed by atoms with Gasteiger partial charge in [0, 0.05) is 122 Å². The van der Waals surface area contributed by atoms with Crippen molar-refractivity contribution >= 4 is 63.7 Å². The second-order valence-corrected chi connectivity index (χ2v) is 19.1. The highest BCUT2D eigenvalue weighted by molar-refractivity contribution is 5.89. The van der Waals surface area contributed by atoms with Gasteiger partial charge in [-0.05, 0) is 25.7 Å². The number of morpholine rings is 2. The van der Waals surface area contributed by atoms with E-state index in [0.717, 1.165) is 110 Å². The van der Waals surface area contributed by atoms with Crippen LogP contribution >= 0.6 is 0 Å². The van der Waals surface area contributed by atoms with Crippen molar-refractivity contribution < 1.29 is 14.3 Å². The molecule has 0 aliphatic carbocycles. The maximum Gasteiger partial charge on any atom is 0.219 e. The average molecular weight is 947 g/mol. The van der Waals surface area contributed by atoms with E-state index < -0.39 is 0 Å². The number of ether oxygens (including phenoxy) is 2. The van der Waals surface area contributed by atoms with Gasteiger partial charge in [0.1, 0.15) is 0 Å². The number of nitrogens with one attached hydrogen (secondary N) is 1. The smallest absolute Gasteiger partial charge is 0.219 e. The summed E-state index contributed by atoms with van der Waals surface area (Å²) < 4.78 is 15.6. The van der Waals surface area contributed by atoms with E-state index >= 15 is 0 Å². The second kappa shape index (κ2) is 20.6. The lowest BCUT2D eigenvalue weighted by Crippen LogP contribution is -2.54. The highest BCUT2D eigenvalue weighted by Gasteiger charge is 2.32. The molecule has 23 nitrogen and oxygen atoms in total. The molecule has 2 atom stereocenters. The number of anilines is 6. The first-order valence-electron chi connectivity index (χ1n) is 24.2. The first-order chi connectivity index (χ1) is 33.3. The van der Waals surface area contributed by atoms with Crippen LogP contribution in [0.25, 0.3) is 45.1 Å². The van der Waals surface area contributed by atoms with E-state index in [2.05, 4.69) is 95.5 Å². The molecule has 4 aliphatic heterocycles. The molecule has 10 rings (SSSR count). The van der Waals surface area contributed by atoms with Gasteiger partial charge in [0.25, 0.3) is 0 Å². The predicted octanol–water partition coefficient (Wildman–Crippen LogP) is 2.57. The number of hydrogen-bond acceptors (Lipinski definition) is 20. The van der Waals surface area contributed by atoms with Crippen molar-refractivity contribution in [1.29, 1.82) is 0 Å². The maximum atomic E-state index is 12.1. The zero-order chi connectivity index (χ0) is 48.3. The van der Waals surface area contributed by atoms with Crippen molar-refractivity contribution in [2.24, 2.45) is 11.8 Å². The molecule has 10 heterocycles. The SMILES string of the molecule is CC(=O)N1CCN(c2nc3c(N4CCOCC4)nc(-c4cnc(N)nc4)nc3n2CC(C)C)C[C@@H]1C.CC(C)Cn1c(N2CCN[C@@H](C)C2)nc2c(N3CCOCC3)nc(-c3cnc(N)nc3)nc21. The number of imidazole rings is 2. The quantitative estimate of drug-likeness (QED) is 0.178. The van der Waals surface area contributed by atoms with Gasteiger partial charge in [0.05, 0.1) is 37.6 Å². The normalized spacial score (nSPS) is 19.2. The van der Waals surface area contributed by atoms with Crippen molar-refractivity contribution in [3.05, 3.63) is 24.8 Å². The van der Waals surface area contributed by atoms with E-state index in [1.807, 2.05) is 4.90 Å². The predicted molar refractivity (Wildman–Crippen MR) is 266 cm³/mol. The summed E-state index contributed by atoms with van der Waals surface area (Å²) in [4.78, 5) is 69.8. The Balaban J connectivity index is 0.000000172. The summed E-state index contributed by atoms with van der Waals surface area (Å²) >= 11 is 0. The van der Waals surface area contributed by atoms with Crippen LogP contribution in [0.3, 0.4) is 0 Å². The van der Waals surface area contributed by atoms with Crippen molar-refractivity contribution in [3.8, 4) is 22.8 Å². The lowest BCUT2D eigenvalue weighted by Gasteiger charge is -2.40. The maximum absolute atomic E-state index is 12.1. The third-order valence-electron chi connectivity index (χ3n) is 12.7. The summed E-state index contributed by atoms with van der Waals surface area (Å²) in [6.07, 6.45) is 6.65. The van der Waals surface area contributed by atoms with Crippen molar-refractivity contribution in [2.75, 3.05) is 123 Å². The van der Waals surface area contributed by atoms with Crippen LogP contribution in [-0.4, -0.2) is 174 Å². The Labute approximate surface area is 402 Å². The second-order valence-electron chi connectivity index (χ2n) is 19.1. The van der Waals surface area contributed by atoms with Gasteiger partial charge in [-0.1, -0.05) is 27.7 Å². The molecule has 1 amide bonds. The number of amides is 1. The third-order valence-corrected chi connectivity index (χ3v) is 12.7. The number of carbonyl (C=O) groups is 1. The summed E-state index contributed by atoms with van der Waals surface area (Å²) in [5.41, 5.74) is 16.1. The van der Waals surface area contributed by atoms with Crippen LogP contribution in [0, 0.1) is 11.8 Å². The van der Waals surface area contributed by atoms with Crippen LogP contribution in [-0.2, 0) is 27.4 Å². The summed E-state index contributed by atoms with van der Waals surface area (Å²) in [6, 6.07) is 0.495. The molecule has 69 heavy (non-hydrogen) atoms. The van der Waals surface area contributed by atoms with Crippen molar-refractivity contribution in [2.45, 2.75) is 73.6 Å². The Hall–Kier alpha value is -6.59. The Bertz CT molecular complexity index is 2710. The molecular formula is C46H66N20O3. The van der Waals surface area contributed by atoms with E-state index in [9.17, 15) is 4.79 Å². The summed E-state index contributed by atoms with van der Waals surface area (Å²) in [7, 11) is 0. The van der Waals surface area contributed by atoms with Gasteiger partial charge in [0.2, 0.25) is 29.7 Å². The number of aromatic nitrogens is 12. The number of nitrogens with two attached hydrogens (primary N) is 2. The van der Waals surface area contributed by atoms with Crippen LogP contribution < -0.4 is 36.4 Å². The van der Waals surface area contributed by atoms with E-state index in [-0.39, 0.29) is 23.8 Å². The number of nitrogens with zero attached hydrogens (tertiary/aromatic N) is 17. The average Bonchev–Trinajstić information content (AvgIpc) is 3.89. The van der Waals surface area contributed by atoms with Crippen LogP contribution in [0.4, 0.5) is 35.4 Å². The molecule has 6 aromatic heterocycles. The summed E-state index contributed by atoms with van der Waals surface area (Å²) in [5, 5.41) is 3.52. The number of piperazine rings is 2. The standard InChI is InChI=1S/C24H34N10O2.C22H32N10O/c1-15(2)13-34-22-19(28-24(34)32-5-6-33(17(4)35)16(3)14-32)21(31-7-9-36-10-8-31)29-20(30-22)18-11-26-23(25)27-12-18;1-14(2)12-32-20-17(27-22(32)31-5-4-24-15(3)13-31)19(30-6-8-33-9-7-30)28-18(29-20)16-10-25-21(23)26-11-16/h11-12,15-16H,5-10,13-14H2,1-4H3,(H2,25,26,27);10-11,14-15,24H,4-9,12-13H2,1-3H3,(H2,23,25,26)/t16-;15-/m00/s1. The van der Waals surface area contributed by atoms with Gasteiger partial charge in [-0.2, -0.15) is 0 Å². The number of carbonyl (C=O) groups excluding carboxylic acids is 1. The zero-order valence-electron chi connectivity index (χ0n) is 40.9. The lowest BCUT2D eigenvalue weighted by atomic mass is 10.2. The first kappa shape index (κ1) is 47.5. The summed E-state index contributed by atoms with van der Waals surface area (Å²) in [6.45, 7) is 26.7. The lowest BCUT2D eigenvalue weighted by molar-refractivity contribution is -0.131. The fourth-order valence-corrected chi connectivity index (χ4v) is 9.38. The first-order valence-corrected chi connectivity index (χ1v) is 24.2. The van der Waals surface area contributed by atoms with Crippen LogP contribution in [0.1, 0.15) is 48.5 Å². The third kappa shape index (κ3) is 10.4. The largest absolute Gasteiger partial charge is 0.378 e. The fraction of sp³-hybridized carbons (Fsp3) is 0.587. The van der Waals surface area contributed by atoms with Crippen molar-refractivity contribution in [1.82, 2.24) is 69.2 Å². The molecule has 5 N–H and O–H groups in total. The Kier molecular flexibility index (Phi) is 14.1. The minimum Gasteiger partial charge on any atom is -0.378 e. The molecule has 4 saturated heterocycles. The Morgan fingerprint density at radius 1 is 0.623 bits per heavy atom. The number of rotatable bonds is 10. The van der Waals surface area contributed by atoms with Gasteiger partial charge >= 0.3 is 0 Å². The molecule has 23 heteroatoms. The van der Waals surface area contributed by atoms with Crippen molar-refractivity contribution in [3.63, 3.8) is 0 Å². The van der Waals surface area contributed by atoms with E-state index in [0.29, 0.717) is 81.2 Å². The van der Waals surface area contributed by atoms with Gasteiger partial charge in [-0.15, -0.1) is 0 Å². The van der Waals surface area contributed by atoms with Crippen LogP contribution in [0.2, 0.25) is 0 Å². The molecule has 4 fully saturated rings. The van der Waals surface area contributed by atoms with Crippen LogP contribution in [0.15, 0.2) is 24.8 Å². The Morgan fingerprint density at radius 2 is 1.07 bits per heavy atom. The Morgan fingerprint density at radius 3 is 1.48 bits per heavy atom. The van der Waals surface area contributed by atoms with Gasteiger partial charge in [-0.3, -0.25) is 13.9 Å². The minimum atomic E-state index is 0.0934. The zero-order valence-corrected chi connectivity index (χ0v) is 40.9. The molecule has 4 aliphatic rings. The molecule has 0 radical (unpaired) electrons. The molecule has 0 spiro atoms. The molecular weight excluding hydrogens is 881 g/mol. The van der Waals surface area contributed by atoms with Crippen LogP contribution in [0.5, 0.6) is 0 Å². The number of fused-ring (bicyclic) bond motifs is 2. The highest BCUT2D eigenvalue weighted by Crippen LogP contribution is 2.34. The van der Waals surface area contributed by atoms with Gasteiger partial charge in [-0.25, -0.2) is 49.8 Å². The molecule has 0 saturated carbocycles. The van der Waals surface area contributed by atoms with E-state index in [1.165, 1.54) is 0 Å². The molecule has 0 unspecified atom stereocenters. The molecule has 6 aromatic rings. The molecule has 0 aromatic carbocycles. The number of nitrogen functional groups attached to an aromatic ring is 2. The minimum absolute atomic E-state index is 0.0934. The van der Waals surface area contributed by atoms with E-state index in [4.69, 9.17) is 50.8 Å². The highest BCUT2D eigenvalue weighted by atomic mass is 16.5. The molecule has 368 valence electrons. The molecule has 0 bridgehead atoms. The van der Waals surface area contributed by atoms with Gasteiger partial charge < -0.3 is 50.8 Å². The van der Waals surface area contributed by atoms with Gasteiger partial charge in [0.15, 0.2) is 45.6 Å². The fourth-order valence-electron chi connectivity index (χ4n) is 9.38.